The molecule has 0 amide bonds. The first-order valence-electron chi connectivity index (χ1n) is 13.0. The van der Waals surface area contributed by atoms with Crippen LogP contribution in [0.2, 0.25) is 0 Å². The molecule has 190 valence electrons. The maximum Gasteiger partial charge on any atom is 0.338 e. The normalized spacial score (nSPS) is 16.6. The molecule has 1 unspecified atom stereocenters. The van der Waals surface area contributed by atoms with Gasteiger partial charge in [-0.15, -0.1) is 0 Å². The van der Waals surface area contributed by atoms with Crippen LogP contribution < -0.4 is 5.32 Å². The summed E-state index contributed by atoms with van der Waals surface area (Å²) in [5.74, 6) is 0.544. The Kier molecular flexibility index (Phi) is 7.34. The summed E-state index contributed by atoms with van der Waals surface area (Å²) < 4.78 is 7.09. The predicted octanol–water partition coefficient (Wildman–Crippen LogP) is 6.68. The van der Waals surface area contributed by atoms with Crippen LogP contribution in [0.5, 0.6) is 0 Å². The average molecular weight is 488 g/mol. The lowest BCUT2D eigenvalue weighted by Crippen LogP contribution is -2.38. The van der Waals surface area contributed by atoms with E-state index in [0.717, 1.165) is 30.6 Å². The van der Waals surface area contributed by atoms with Crippen LogP contribution in [0.3, 0.4) is 0 Å². The van der Waals surface area contributed by atoms with Crippen LogP contribution in [-0.4, -0.2) is 28.1 Å². The van der Waals surface area contributed by atoms with Gasteiger partial charge in [-0.3, -0.25) is 4.79 Å². The molecule has 0 spiro atoms. The van der Waals surface area contributed by atoms with E-state index in [4.69, 9.17) is 4.74 Å². The zero-order valence-corrected chi connectivity index (χ0v) is 22.0. The second-order valence-electron chi connectivity index (χ2n) is 10.3. The molecule has 1 aromatic heterocycles. The molecular formula is C30H37N3O3. The summed E-state index contributed by atoms with van der Waals surface area (Å²) in [6.07, 6.45) is 4.58. The molecule has 36 heavy (non-hydrogen) atoms. The van der Waals surface area contributed by atoms with Crippen molar-refractivity contribution in [2.75, 3.05) is 11.9 Å². The number of ether oxygens (including phenoxy) is 1. The van der Waals surface area contributed by atoms with Gasteiger partial charge < -0.3 is 10.1 Å². The van der Waals surface area contributed by atoms with Crippen LogP contribution >= 0.6 is 0 Å². The average Bonchev–Trinajstić information content (AvgIpc) is 3.33. The fraction of sp³-hybridized carbons (Fsp3) is 0.433. The van der Waals surface area contributed by atoms with Gasteiger partial charge in [-0.1, -0.05) is 56.3 Å². The summed E-state index contributed by atoms with van der Waals surface area (Å²) in [4.78, 5) is 25.9. The number of carbonyl (C=O) groups excluding carboxylic acids is 2. The standard InChI is InChI=1S/C30H37N3O3/c1-6-30(7-2,23-16-14-22(15-17-23)28(35)36-8-3)19-26(34)24-20-31-33-27(24)32-25(18-29(33,4)5)21-12-10-9-11-13-21/h9-17,20,25,32H,6-8,18-19H2,1-5H3. The molecule has 0 fully saturated rings. The van der Waals surface area contributed by atoms with Gasteiger partial charge >= 0.3 is 5.97 Å². The first-order chi connectivity index (χ1) is 17.2. The summed E-state index contributed by atoms with van der Waals surface area (Å²) in [5, 5.41) is 8.26. The molecule has 2 aromatic carbocycles. The Balaban J connectivity index is 1.63. The molecule has 4 rings (SSSR count). The molecule has 1 atom stereocenters. The van der Waals surface area contributed by atoms with Crippen molar-refractivity contribution in [1.82, 2.24) is 9.78 Å². The van der Waals surface area contributed by atoms with Crippen molar-refractivity contribution >= 4 is 17.6 Å². The van der Waals surface area contributed by atoms with Crippen molar-refractivity contribution in [3.63, 3.8) is 0 Å². The number of fused-ring (bicyclic) bond motifs is 1. The Bertz CT molecular complexity index is 1210. The number of Topliss-reactive ketones (excluding diaryl/α,β-unsaturated/α-hetero) is 1. The van der Waals surface area contributed by atoms with Crippen LogP contribution in [0, 0.1) is 0 Å². The lowest BCUT2D eigenvalue weighted by Gasteiger charge is -2.38. The molecule has 0 saturated carbocycles. The maximum atomic E-state index is 13.8. The van der Waals surface area contributed by atoms with Crippen molar-refractivity contribution in [1.29, 1.82) is 0 Å². The number of rotatable bonds is 9. The van der Waals surface area contributed by atoms with Gasteiger partial charge in [0.05, 0.1) is 35.5 Å². The fourth-order valence-corrected chi connectivity index (χ4v) is 5.43. The number of benzene rings is 2. The molecule has 1 aliphatic rings. The number of nitrogens with zero attached hydrogens (tertiary/aromatic N) is 2. The SMILES string of the molecule is CCOC(=O)c1ccc(C(CC)(CC)CC(=O)c2cnn3c2NC(c2ccccc2)CC3(C)C)cc1. The van der Waals surface area contributed by atoms with Crippen LogP contribution in [0.15, 0.2) is 60.8 Å². The van der Waals surface area contributed by atoms with E-state index in [0.29, 0.717) is 24.2 Å². The highest BCUT2D eigenvalue weighted by Crippen LogP contribution is 2.42. The number of ketones is 1. The summed E-state index contributed by atoms with van der Waals surface area (Å²) in [6.45, 7) is 10.7. The monoisotopic (exact) mass is 487 g/mol. The third-order valence-electron chi connectivity index (χ3n) is 7.72. The highest BCUT2D eigenvalue weighted by Gasteiger charge is 2.38. The molecule has 0 saturated heterocycles. The maximum absolute atomic E-state index is 13.8. The first-order valence-corrected chi connectivity index (χ1v) is 13.0. The van der Waals surface area contributed by atoms with Gasteiger partial charge in [0.25, 0.3) is 0 Å². The van der Waals surface area contributed by atoms with Crippen molar-refractivity contribution < 1.29 is 14.3 Å². The van der Waals surface area contributed by atoms with Gasteiger partial charge in [0.1, 0.15) is 5.82 Å². The van der Waals surface area contributed by atoms with E-state index < -0.39 is 0 Å². The van der Waals surface area contributed by atoms with Crippen molar-refractivity contribution in [3.05, 3.63) is 83.0 Å². The van der Waals surface area contributed by atoms with Gasteiger partial charge in [-0.25, -0.2) is 9.48 Å². The molecule has 6 heteroatoms. The quantitative estimate of drug-likeness (QED) is 0.269. The van der Waals surface area contributed by atoms with Crippen LogP contribution in [0.4, 0.5) is 5.82 Å². The topological polar surface area (TPSA) is 73.2 Å². The van der Waals surface area contributed by atoms with E-state index in [2.05, 4.69) is 50.2 Å². The van der Waals surface area contributed by atoms with E-state index >= 15 is 0 Å². The highest BCUT2D eigenvalue weighted by atomic mass is 16.5. The van der Waals surface area contributed by atoms with Crippen molar-refractivity contribution in [2.24, 2.45) is 0 Å². The van der Waals surface area contributed by atoms with E-state index in [1.807, 2.05) is 35.0 Å². The summed E-state index contributed by atoms with van der Waals surface area (Å²) >= 11 is 0. The van der Waals surface area contributed by atoms with E-state index in [-0.39, 0.29) is 28.7 Å². The molecule has 6 nitrogen and oxygen atoms in total. The summed E-state index contributed by atoms with van der Waals surface area (Å²) in [5.41, 5.74) is 2.87. The van der Waals surface area contributed by atoms with Crippen molar-refractivity contribution in [3.8, 4) is 0 Å². The van der Waals surface area contributed by atoms with Gasteiger partial charge in [-0.2, -0.15) is 5.10 Å². The smallest absolute Gasteiger partial charge is 0.338 e. The number of nitrogens with one attached hydrogen (secondary N) is 1. The zero-order chi connectivity index (χ0) is 25.9. The number of esters is 1. The Morgan fingerprint density at radius 3 is 2.33 bits per heavy atom. The van der Waals surface area contributed by atoms with E-state index in [1.165, 1.54) is 5.56 Å². The fourth-order valence-electron chi connectivity index (χ4n) is 5.43. The Morgan fingerprint density at radius 2 is 1.72 bits per heavy atom. The Morgan fingerprint density at radius 1 is 1.06 bits per heavy atom. The molecule has 1 N–H and O–H groups in total. The number of aromatic nitrogens is 2. The number of anilines is 1. The van der Waals surface area contributed by atoms with Crippen LogP contribution in [-0.2, 0) is 15.7 Å². The number of carbonyl (C=O) groups is 2. The largest absolute Gasteiger partial charge is 0.462 e. The summed E-state index contributed by atoms with van der Waals surface area (Å²) in [6, 6.07) is 18.0. The highest BCUT2D eigenvalue weighted by molar-refractivity contribution is 6.01. The van der Waals surface area contributed by atoms with Crippen LogP contribution in [0.25, 0.3) is 0 Å². The van der Waals surface area contributed by atoms with Gasteiger partial charge in [-0.05, 0) is 63.3 Å². The van der Waals surface area contributed by atoms with Crippen LogP contribution in [0.1, 0.15) is 98.2 Å². The molecule has 2 heterocycles. The number of hydrogen-bond donors (Lipinski definition) is 1. The lowest BCUT2D eigenvalue weighted by atomic mass is 9.71. The molecule has 1 aliphatic heterocycles. The number of hydrogen-bond acceptors (Lipinski definition) is 5. The predicted molar refractivity (Wildman–Crippen MR) is 143 cm³/mol. The van der Waals surface area contributed by atoms with E-state index in [1.54, 1.807) is 25.3 Å². The molecule has 3 aromatic rings. The molecule has 0 aliphatic carbocycles. The minimum Gasteiger partial charge on any atom is -0.462 e. The van der Waals surface area contributed by atoms with Gasteiger partial charge in [0.15, 0.2) is 5.78 Å². The molecular weight excluding hydrogens is 450 g/mol. The van der Waals surface area contributed by atoms with Crippen molar-refractivity contribution in [2.45, 2.75) is 77.3 Å². The minimum atomic E-state index is -0.331. The second-order valence-corrected chi connectivity index (χ2v) is 10.3. The molecule has 0 radical (unpaired) electrons. The Labute approximate surface area is 214 Å². The zero-order valence-electron chi connectivity index (χ0n) is 22.0. The third-order valence-corrected chi connectivity index (χ3v) is 7.72. The second kappa shape index (κ2) is 10.3. The minimum absolute atomic E-state index is 0.0754. The lowest BCUT2D eigenvalue weighted by molar-refractivity contribution is 0.0526. The van der Waals surface area contributed by atoms with Gasteiger partial charge in [0.2, 0.25) is 0 Å². The third kappa shape index (κ3) is 4.81. The first kappa shape index (κ1) is 25.7. The van der Waals surface area contributed by atoms with Gasteiger partial charge in [0, 0.05) is 11.8 Å². The Hall–Kier alpha value is -3.41. The van der Waals surface area contributed by atoms with E-state index in [9.17, 15) is 9.59 Å². The summed E-state index contributed by atoms with van der Waals surface area (Å²) in [7, 11) is 0. The molecule has 0 bridgehead atoms.